The maximum atomic E-state index is 13.0. The average Bonchev–Trinajstić information content (AvgIpc) is 3.32. The van der Waals surface area contributed by atoms with Crippen LogP contribution in [0.5, 0.6) is 5.75 Å². The van der Waals surface area contributed by atoms with Crippen molar-refractivity contribution in [1.29, 1.82) is 0 Å². The number of hydrogen-bond acceptors (Lipinski definition) is 4. The molecule has 6 heteroatoms. The third-order valence-electron chi connectivity index (χ3n) is 4.96. The van der Waals surface area contributed by atoms with Gasteiger partial charge in [-0.1, -0.05) is 54.6 Å². The Balaban J connectivity index is 1.53. The van der Waals surface area contributed by atoms with Gasteiger partial charge in [0.05, 0.1) is 19.2 Å². The van der Waals surface area contributed by atoms with Crippen LogP contribution in [0.25, 0.3) is 0 Å². The second-order valence-corrected chi connectivity index (χ2v) is 7.11. The van der Waals surface area contributed by atoms with E-state index in [0.717, 1.165) is 22.4 Å². The molecule has 1 unspecified atom stereocenters. The molecule has 1 N–H and O–H groups in total. The van der Waals surface area contributed by atoms with E-state index in [9.17, 15) is 4.79 Å². The van der Waals surface area contributed by atoms with Gasteiger partial charge in [0.1, 0.15) is 18.4 Å². The number of benzene rings is 3. The maximum Gasteiger partial charge on any atom is 0.252 e. The van der Waals surface area contributed by atoms with Gasteiger partial charge in [-0.3, -0.25) is 4.79 Å². The van der Waals surface area contributed by atoms with Gasteiger partial charge < -0.3 is 10.1 Å². The van der Waals surface area contributed by atoms with Crippen molar-refractivity contribution in [1.82, 2.24) is 20.1 Å². The van der Waals surface area contributed by atoms with E-state index in [4.69, 9.17) is 4.74 Å². The predicted octanol–water partition coefficient (Wildman–Crippen LogP) is 4.24. The second-order valence-electron chi connectivity index (χ2n) is 7.11. The summed E-state index contributed by atoms with van der Waals surface area (Å²) >= 11 is 0. The van der Waals surface area contributed by atoms with Gasteiger partial charge in [0, 0.05) is 5.56 Å². The molecular formula is C25H24N4O2. The molecule has 3 aromatic carbocycles. The fourth-order valence-corrected chi connectivity index (χ4v) is 3.41. The number of carbonyl (C=O) groups excluding carboxylic acids is 1. The standard InChI is InChI=1S/C25H24N4O2/c1-2-31-23-14-12-21(13-15-23)24(20-6-4-3-5-7-20)28-25(30)22-10-8-19(9-11-22)16-29-18-26-17-27-29/h3-15,17-18,24H,2,16H2,1H3,(H,28,30). The molecule has 31 heavy (non-hydrogen) atoms. The lowest BCUT2D eigenvalue weighted by Crippen LogP contribution is -2.29. The van der Waals surface area contributed by atoms with Crippen LogP contribution < -0.4 is 10.1 Å². The molecular weight excluding hydrogens is 388 g/mol. The van der Waals surface area contributed by atoms with Crippen LogP contribution in [0.1, 0.15) is 40.0 Å². The summed E-state index contributed by atoms with van der Waals surface area (Å²) in [6, 6.07) is 25.1. The van der Waals surface area contributed by atoms with Gasteiger partial charge in [0.25, 0.3) is 5.91 Å². The van der Waals surface area contributed by atoms with Crippen LogP contribution in [0.2, 0.25) is 0 Å². The number of hydrogen-bond donors (Lipinski definition) is 1. The lowest BCUT2D eigenvalue weighted by Gasteiger charge is -2.20. The van der Waals surface area contributed by atoms with Crippen molar-refractivity contribution in [3.05, 3.63) is 114 Å². The van der Waals surface area contributed by atoms with E-state index in [2.05, 4.69) is 15.4 Å². The zero-order chi connectivity index (χ0) is 21.5. The molecule has 1 amide bonds. The molecule has 0 saturated carbocycles. The number of nitrogens with one attached hydrogen (secondary N) is 1. The summed E-state index contributed by atoms with van der Waals surface area (Å²) < 4.78 is 7.29. The lowest BCUT2D eigenvalue weighted by molar-refractivity contribution is 0.0943. The Kier molecular flexibility index (Phi) is 6.38. The summed E-state index contributed by atoms with van der Waals surface area (Å²) in [5.74, 6) is 0.683. The van der Waals surface area contributed by atoms with Crippen molar-refractivity contribution < 1.29 is 9.53 Å². The van der Waals surface area contributed by atoms with Crippen LogP contribution in [-0.2, 0) is 6.54 Å². The zero-order valence-electron chi connectivity index (χ0n) is 17.3. The summed E-state index contributed by atoms with van der Waals surface area (Å²) in [5, 5.41) is 7.29. The highest BCUT2D eigenvalue weighted by atomic mass is 16.5. The number of carbonyl (C=O) groups is 1. The summed E-state index contributed by atoms with van der Waals surface area (Å²) in [6.45, 7) is 3.18. The quantitative estimate of drug-likeness (QED) is 0.470. The highest BCUT2D eigenvalue weighted by molar-refractivity contribution is 5.94. The fourth-order valence-electron chi connectivity index (χ4n) is 3.41. The molecule has 0 spiro atoms. The molecule has 1 heterocycles. The molecule has 1 atom stereocenters. The fraction of sp³-hybridized carbons (Fsp3) is 0.160. The first-order valence-electron chi connectivity index (χ1n) is 10.2. The molecule has 0 fully saturated rings. The molecule has 0 saturated heterocycles. The molecule has 4 aromatic rings. The molecule has 0 aliphatic heterocycles. The monoisotopic (exact) mass is 412 g/mol. The van der Waals surface area contributed by atoms with Crippen molar-refractivity contribution in [2.24, 2.45) is 0 Å². The molecule has 156 valence electrons. The Morgan fingerprint density at radius 2 is 1.68 bits per heavy atom. The minimum Gasteiger partial charge on any atom is -0.494 e. The average molecular weight is 412 g/mol. The van der Waals surface area contributed by atoms with Crippen molar-refractivity contribution in [3.8, 4) is 5.75 Å². The van der Waals surface area contributed by atoms with Gasteiger partial charge in [-0.15, -0.1) is 0 Å². The normalized spacial score (nSPS) is 11.6. The SMILES string of the molecule is CCOc1ccc(C(NC(=O)c2ccc(Cn3cncn3)cc2)c2ccccc2)cc1. The molecule has 1 aromatic heterocycles. The van der Waals surface area contributed by atoms with Crippen LogP contribution >= 0.6 is 0 Å². The van der Waals surface area contributed by atoms with E-state index >= 15 is 0 Å². The first-order chi connectivity index (χ1) is 15.2. The minimum atomic E-state index is -0.265. The van der Waals surface area contributed by atoms with Crippen molar-refractivity contribution in [2.45, 2.75) is 19.5 Å². The van der Waals surface area contributed by atoms with Crippen LogP contribution in [0.15, 0.2) is 91.5 Å². The molecule has 0 bridgehead atoms. The summed E-state index contributed by atoms with van der Waals surface area (Å²) in [4.78, 5) is 17.0. The van der Waals surface area contributed by atoms with E-state index in [1.54, 1.807) is 11.0 Å². The third-order valence-corrected chi connectivity index (χ3v) is 4.96. The van der Waals surface area contributed by atoms with E-state index in [-0.39, 0.29) is 11.9 Å². The van der Waals surface area contributed by atoms with E-state index in [1.165, 1.54) is 6.33 Å². The topological polar surface area (TPSA) is 69.0 Å². The highest BCUT2D eigenvalue weighted by Crippen LogP contribution is 2.25. The number of amides is 1. The van der Waals surface area contributed by atoms with E-state index in [1.807, 2.05) is 85.8 Å². The predicted molar refractivity (Wildman–Crippen MR) is 119 cm³/mol. The molecule has 0 aliphatic carbocycles. The summed E-state index contributed by atoms with van der Waals surface area (Å²) in [5.41, 5.74) is 3.66. The van der Waals surface area contributed by atoms with Gasteiger partial charge in [-0.2, -0.15) is 5.10 Å². The third kappa shape index (κ3) is 5.17. The smallest absolute Gasteiger partial charge is 0.252 e. The maximum absolute atomic E-state index is 13.0. The van der Waals surface area contributed by atoms with Gasteiger partial charge >= 0.3 is 0 Å². The summed E-state index contributed by atoms with van der Waals surface area (Å²) in [7, 11) is 0. The summed E-state index contributed by atoms with van der Waals surface area (Å²) in [6.07, 6.45) is 3.17. The zero-order valence-corrected chi connectivity index (χ0v) is 17.3. The van der Waals surface area contributed by atoms with Crippen molar-refractivity contribution >= 4 is 5.91 Å². The lowest BCUT2D eigenvalue weighted by atomic mass is 9.98. The van der Waals surface area contributed by atoms with Gasteiger partial charge in [0.15, 0.2) is 0 Å². The molecule has 4 rings (SSSR count). The van der Waals surface area contributed by atoms with Gasteiger partial charge in [0.2, 0.25) is 0 Å². The molecule has 6 nitrogen and oxygen atoms in total. The second kappa shape index (κ2) is 9.71. The van der Waals surface area contributed by atoms with E-state index < -0.39 is 0 Å². The number of ether oxygens (including phenoxy) is 1. The van der Waals surface area contributed by atoms with Crippen LogP contribution in [-0.4, -0.2) is 27.3 Å². The van der Waals surface area contributed by atoms with Crippen molar-refractivity contribution in [2.75, 3.05) is 6.61 Å². The number of rotatable bonds is 8. The Morgan fingerprint density at radius 1 is 0.968 bits per heavy atom. The van der Waals surface area contributed by atoms with Crippen LogP contribution in [0.4, 0.5) is 0 Å². The largest absolute Gasteiger partial charge is 0.494 e. The first kappa shape index (κ1) is 20.3. The Labute approximate surface area is 181 Å². The van der Waals surface area contributed by atoms with Crippen molar-refractivity contribution in [3.63, 3.8) is 0 Å². The van der Waals surface area contributed by atoms with Gasteiger partial charge in [-0.05, 0) is 47.9 Å². The number of aromatic nitrogens is 3. The Bertz CT molecular complexity index is 1090. The van der Waals surface area contributed by atoms with Crippen LogP contribution in [0.3, 0.4) is 0 Å². The Morgan fingerprint density at radius 3 is 2.32 bits per heavy atom. The first-order valence-corrected chi connectivity index (χ1v) is 10.2. The Hall–Kier alpha value is -3.93. The molecule has 0 aliphatic rings. The van der Waals surface area contributed by atoms with Crippen LogP contribution in [0, 0.1) is 0 Å². The minimum absolute atomic E-state index is 0.130. The number of nitrogens with zero attached hydrogens (tertiary/aromatic N) is 3. The van der Waals surface area contributed by atoms with Gasteiger partial charge in [-0.25, -0.2) is 9.67 Å². The van der Waals surface area contributed by atoms with E-state index in [0.29, 0.717) is 18.7 Å². The highest BCUT2D eigenvalue weighted by Gasteiger charge is 2.18. The molecule has 0 radical (unpaired) electrons.